The van der Waals surface area contributed by atoms with Gasteiger partial charge in [0, 0.05) is 37.3 Å². The molecule has 0 unspecified atom stereocenters. The van der Waals surface area contributed by atoms with Gasteiger partial charge < -0.3 is 43.7 Å². The SMILES string of the molecule is Cc1nc2cc(-c3nc4ccccc4o3)ccc2n1CC(=O)N1CCOCC1.Nc1cc(-c2nc3ccccc3o2)ccc1NCC(=O)N1CCOCC1. The molecular formula is C40H40N8O6. The summed E-state index contributed by atoms with van der Waals surface area (Å²) in [6, 6.07) is 26.7. The maximum atomic E-state index is 12.6. The molecule has 0 spiro atoms. The van der Waals surface area contributed by atoms with E-state index in [1.807, 2.05) is 95.3 Å². The molecule has 0 aliphatic carbocycles. The number of morpholine rings is 2. The highest BCUT2D eigenvalue weighted by atomic mass is 16.5. The number of amides is 2. The minimum Gasteiger partial charge on any atom is -0.436 e. The second-order valence-corrected chi connectivity index (χ2v) is 13.1. The highest BCUT2D eigenvalue weighted by molar-refractivity contribution is 5.86. The Morgan fingerprint density at radius 1 is 0.685 bits per heavy atom. The summed E-state index contributed by atoms with van der Waals surface area (Å²) in [7, 11) is 0. The molecule has 2 fully saturated rings. The summed E-state index contributed by atoms with van der Waals surface area (Å²) in [5.41, 5.74) is 13.9. The topological polar surface area (TPSA) is 167 Å². The van der Waals surface area contributed by atoms with Gasteiger partial charge in [0.05, 0.1) is 55.4 Å². The smallest absolute Gasteiger partial charge is 0.242 e. The molecule has 5 heterocycles. The number of para-hydroxylation sites is 4. The minimum absolute atomic E-state index is 0.0377. The normalized spacial score (nSPS) is 14.7. The number of hydrogen-bond acceptors (Lipinski definition) is 11. The lowest BCUT2D eigenvalue weighted by Crippen LogP contribution is -2.43. The number of benzene rings is 4. The number of ether oxygens (including phenoxy) is 2. The molecule has 276 valence electrons. The molecule has 0 saturated carbocycles. The van der Waals surface area contributed by atoms with E-state index < -0.39 is 0 Å². The molecule has 2 saturated heterocycles. The zero-order chi connectivity index (χ0) is 37.0. The number of hydrogen-bond donors (Lipinski definition) is 2. The molecule has 54 heavy (non-hydrogen) atoms. The Morgan fingerprint density at radius 2 is 1.24 bits per heavy atom. The van der Waals surface area contributed by atoms with Gasteiger partial charge in [0.2, 0.25) is 23.6 Å². The number of imidazole rings is 1. The van der Waals surface area contributed by atoms with Crippen LogP contribution < -0.4 is 11.1 Å². The summed E-state index contributed by atoms with van der Waals surface area (Å²) >= 11 is 0. The average Bonchev–Trinajstić information content (AvgIpc) is 3.93. The number of anilines is 2. The van der Waals surface area contributed by atoms with Crippen molar-refractivity contribution in [3.05, 3.63) is 90.8 Å². The number of nitrogens with zero attached hydrogens (tertiary/aromatic N) is 6. The lowest BCUT2D eigenvalue weighted by molar-refractivity contribution is -0.136. The third-order valence-corrected chi connectivity index (χ3v) is 9.52. The highest BCUT2D eigenvalue weighted by Gasteiger charge is 2.20. The lowest BCUT2D eigenvalue weighted by atomic mass is 10.1. The summed E-state index contributed by atoms with van der Waals surface area (Å²) in [4.78, 5) is 42.2. The second kappa shape index (κ2) is 15.4. The van der Waals surface area contributed by atoms with Gasteiger partial charge in [-0.25, -0.2) is 15.0 Å². The van der Waals surface area contributed by atoms with Crippen molar-refractivity contribution in [1.82, 2.24) is 29.3 Å². The molecule has 3 aromatic heterocycles. The van der Waals surface area contributed by atoms with Crippen LogP contribution in [0.3, 0.4) is 0 Å². The van der Waals surface area contributed by atoms with E-state index in [2.05, 4.69) is 20.3 Å². The molecule has 0 radical (unpaired) electrons. The van der Waals surface area contributed by atoms with Crippen LogP contribution in [0.15, 0.2) is 93.8 Å². The largest absolute Gasteiger partial charge is 0.436 e. The van der Waals surface area contributed by atoms with Gasteiger partial charge in [-0.2, -0.15) is 0 Å². The molecular weight excluding hydrogens is 688 g/mol. The zero-order valence-corrected chi connectivity index (χ0v) is 29.9. The Morgan fingerprint density at radius 3 is 1.83 bits per heavy atom. The number of carbonyl (C=O) groups excluding carboxylic acids is 2. The van der Waals surface area contributed by atoms with E-state index in [1.165, 1.54) is 0 Å². The molecule has 2 amide bonds. The van der Waals surface area contributed by atoms with Crippen LogP contribution in [0.25, 0.3) is 56.1 Å². The van der Waals surface area contributed by atoms with Crippen LogP contribution >= 0.6 is 0 Å². The van der Waals surface area contributed by atoms with Crippen LogP contribution in [0, 0.1) is 6.92 Å². The second-order valence-electron chi connectivity index (χ2n) is 13.1. The first-order valence-electron chi connectivity index (χ1n) is 17.9. The lowest BCUT2D eigenvalue weighted by Gasteiger charge is -2.27. The molecule has 9 rings (SSSR count). The Hall–Kier alpha value is -6.25. The molecule has 0 atom stereocenters. The predicted molar refractivity (Wildman–Crippen MR) is 205 cm³/mol. The maximum Gasteiger partial charge on any atom is 0.242 e. The summed E-state index contributed by atoms with van der Waals surface area (Å²) in [6.45, 7) is 7.34. The average molecular weight is 729 g/mol. The molecule has 2 aliphatic rings. The van der Waals surface area contributed by atoms with E-state index in [0.717, 1.165) is 50.2 Å². The number of aryl methyl sites for hydroxylation is 1. The Labute approximate surface area is 310 Å². The van der Waals surface area contributed by atoms with Gasteiger partial charge in [0.1, 0.15) is 23.4 Å². The monoisotopic (exact) mass is 728 g/mol. The van der Waals surface area contributed by atoms with Crippen LogP contribution in [0.2, 0.25) is 0 Å². The van der Waals surface area contributed by atoms with Gasteiger partial charge in [-0.1, -0.05) is 24.3 Å². The van der Waals surface area contributed by atoms with E-state index >= 15 is 0 Å². The molecule has 14 nitrogen and oxygen atoms in total. The van der Waals surface area contributed by atoms with Gasteiger partial charge in [-0.05, 0) is 67.6 Å². The van der Waals surface area contributed by atoms with Gasteiger partial charge in [0.15, 0.2) is 11.2 Å². The number of aromatic nitrogens is 4. The van der Waals surface area contributed by atoms with Crippen molar-refractivity contribution in [1.29, 1.82) is 0 Å². The van der Waals surface area contributed by atoms with E-state index in [-0.39, 0.29) is 24.9 Å². The van der Waals surface area contributed by atoms with Crippen LogP contribution in [-0.4, -0.2) is 100 Å². The van der Waals surface area contributed by atoms with Crippen molar-refractivity contribution >= 4 is 56.4 Å². The number of rotatable bonds is 7. The zero-order valence-electron chi connectivity index (χ0n) is 29.9. The van der Waals surface area contributed by atoms with Crippen LogP contribution in [0.1, 0.15) is 5.82 Å². The molecule has 7 aromatic rings. The Bertz CT molecular complexity index is 2370. The number of fused-ring (bicyclic) bond motifs is 3. The summed E-state index contributed by atoms with van der Waals surface area (Å²) < 4.78 is 24.2. The molecule has 2 aliphatic heterocycles. The standard InChI is InChI=1S/C21H20N4O3.C19H20N4O3/c1-14-22-17-12-15(21-23-16-4-2-3-5-19(16)28-21)6-7-18(17)25(14)13-20(26)24-8-10-27-11-9-24;20-14-11-13(19-22-16-3-1-2-4-17(16)26-19)5-6-15(14)21-12-18(24)23-7-9-25-10-8-23/h2-7,12H,8-11,13H2,1H3;1-6,11,21H,7-10,12,20H2. The first-order chi connectivity index (χ1) is 26.4. The first-order valence-corrected chi connectivity index (χ1v) is 17.9. The van der Waals surface area contributed by atoms with Crippen molar-refractivity contribution in [3.8, 4) is 22.9 Å². The van der Waals surface area contributed by atoms with Crippen LogP contribution in [0.4, 0.5) is 11.4 Å². The highest BCUT2D eigenvalue weighted by Crippen LogP contribution is 2.30. The molecule has 14 heteroatoms. The fourth-order valence-electron chi connectivity index (χ4n) is 6.57. The number of nitrogen functional groups attached to an aromatic ring is 1. The van der Waals surface area contributed by atoms with Crippen molar-refractivity contribution in [2.75, 3.05) is 70.2 Å². The van der Waals surface area contributed by atoms with Crippen molar-refractivity contribution < 1.29 is 27.9 Å². The van der Waals surface area contributed by atoms with E-state index in [4.69, 9.17) is 24.0 Å². The number of carbonyl (C=O) groups is 2. The van der Waals surface area contributed by atoms with E-state index in [1.54, 1.807) is 11.0 Å². The number of oxazole rings is 2. The van der Waals surface area contributed by atoms with E-state index in [0.29, 0.717) is 75.8 Å². The van der Waals surface area contributed by atoms with Gasteiger partial charge in [-0.3, -0.25) is 9.59 Å². The molecule has 3 N–H and O–H groups in total. The van der Waals surface area contributed by atoms with Gasteiger partial charge >= 0.3 is 0 Å². The third kappa shape index (κ3) is 7.47. The van der Waals surface area contributed by atoms with Crippen molar-refractivity contribution in [2.45, 2.75) is 13.5 Å². The minimum atomic E-state index is 0.0377. The van der Waals surface area contributed by atoms with Gasteiger partial charge in [0.25, 0.3) is 0 Å². The molecule has 4 aromatic carbocycles. The summed E-state index contributed by atoms with van der Waals surface area (Å²) in [5.74, 6) is 2.03. The number of nitrogens with one attached hydrogen (secondary N) is 1. The Kier molecular flexibility index (Phi) is 9.92. The van der Waals surface area contributed by atoms with E-state index in [9.17, 15) is 9.59 Å². The van der Waals surface area contributed by atoms with Gasteiger partial charge in [-0.15, -0.1) is 0 Å². The number of nitrogens with two attached hydrogens (primary N) is 1. The molecule has 0 bridgehead atoms. The summed E-state index contributed by atoms with van der Waals surface area (Å²) in [6.07, 6.45) is 0. The fraction of sp³-hybridized carbons (Fsp3) is 0.275. The predicted octanol–water partition coefficient (Wildman–Crippen LogP) is 5.36. The quantitative estimate of drug-likeness (QED) is 0.203. The van der Waals surface area contributed by atoms with Crippen molar-refractivity contribution in [3.63, 3.8) is 0 Å². The fourth-order valence-corrected chi connectivity index (χ4v) is 6.57. The summed E-state index contributed by atoms with van der Waals surface area (Å²) in [5, 5.41) is 3.11. The Balaban J connectivity index is 0.000000154. The first kappa shape index (κ1) is 34.8. The third-order valence-electron chi connectivity index (χ3n) is 9.52. The van der Waals surface area contributed by atoms with Crippen LogP contribution in [-0.2, 0) is 25.6 Å². The van der Waals surface area contributed by atoms with Crippen LogP contribution in [0.5, 0.6) is 0 Å². The van der Waals surface area contributed by atoms with Crippen molar-refractivity contribution in [2.24, 2.45) is 0 Å². The maximum absolute atomic E-state index is 12.6.